The predicted octanol–water partition coefficient (Wildman–Crippen LogP) is 1.76. The quantitative estimate of drug-likeness (QED) is 0.870. The lowest BCUT2D eigenvalue weighted by atomic mass is 10.1. The second kappa shape index (κ2) is 7.79. The number of ether oxygens (including phenoxy) is 1. The highest BCUT2D eigenvalue weighted by atomic mass is 16.5. The summed E-state index contributed by atoms with van der Waals surface area (Å²) >= 11 is 0. The van der Waals surface area contributed by atoms with E-state index in [-0.39, 0.29) is 24.2 Å². The SMILES string of the molecule is CN1C[C@H](C(=O)NCc2cccnc2OCc2ccccc2)CC1=O. The van der Waals surface area contributed by atoms with E-state index in [1.165, 1.54) is 0 Å². The van der Waals surface area contributed by atoms with Crippen LogP contribution in [0.5, 0.6) is 5.88 Å². The van der Waals surface area contributed by atoms with E-state index in [9.17, 15) is 9.59 Å². The molecule has 0 bridgehead atoms. The molecular weight excluding hydrogens is 318 g/mol. The van der Waals surface area contributed by atoms with Gasteiger partial charge in [0.25, 0.3) is 0 Å². The molecule has 130 valence electrons. The molecule has 6 nitrogen and oxygen atoms in total. The molecule has 0 spiro atoms. The molecule has 1 N–H and O–H groups in total. The van der Waals surface area contributed by atoms with Crippen LogP contribution in [0.15, 0.2) is 48.7 Å². The van der Waals surface area contributed by atoms with Crippen LogP contribution in [0, 0.1) is 5.92 Å². The Morgan fingerprint density at radius 1 is 1.28 bits per heavy atom. The Bertz CT molecular complexity index is 749. The second-order valence-corrected chi connectivity index (χ2v) is 6.14. The number of pyridine rings is 1. The van der Waals surface area contributed by atoms with E-state index in [4.69, 9.17) is 4.74 Å². The fourth-order valence-corrected chi connectivity index (χ4v) is 2.78. The summed E-state index contributed by atoms with van der Waals surface area (Å²) in [5.41, 5.74) is 1.86. The molecule has 2 amide bonds. The van der Waals surface area contributed by atoms with Gasteiger partial charge in [0.2, 0.25) is 17.7 Å². The van der Waals surface area contributed by atoms with Crippen LogP contribution in [-0.2, 0) is 22.7 Å². The van der Waals surface area contributed by atoms with Crippen molar-refractivity contribution in [3.8, 4) is 5.88 Å². The van der Waals surface area contributed by atoms with E-state index in [1.54, 1.807) is 18.1 Å². The maximum absolute atomic E-state index is 12.2. The number of carbonyl (C=O) groups is 2. The first-order valence-electron chi connectivity index (χ1n) is 8.26. The molecular formula is C19H21N3O3. The molecule has 6 heteroatoms. The van der Waals surface area contributed by atoms with Gasteiger partial charge in [-0.1, -0.05) is 36.4 Å². The fraction of sp³-hybridized carbons (Fsp3) is 0.316. The number of benzene rings is 1. The van der Waals surface area contributed by atoms with Gasteiger partial charge in [-0.3, -0.25) is 9.59 Å². The van der Waals surface area contributed by atoms with E-state index in [1.807, 2.05) is 42.5 Å². The van der Waals surface area contributed by atoms with Crippen LogP contribution in [0.4, 0.5) is 0 Å². The standard InChI is InChI=1S/C19H21N3O3/c1-22-12-16(10-17(22)23)18(24)21-11-15-8-5-9-20-19(15)25-13-14-6-3-2-4-7-14/h2-9,16H,10-13H2,1H3,(H,21,24)/t16-/m1/s1. The molecule has 1 fully saturated rings. The molecule has 3 rings (SSSR count). The zero-order valence-corrected chi connectivity index (χ0v) is 14.1. The Morgan fingerprint density at radius 2 is 2.08 bits per heavy atom. The highest BCUT2D eigenvalue weighted by molar-refractivity contribution is 5.89. The Labute approximate surface area is 146 Å². The van der Waals surface area contributed by atoms with Crippen molar-refractivity contribution in [2.75, 3.05) is 13.6 Å². The molecule has 0 radical (unpaired) electrons. The van der Waals surface area contributed by atoms with Gasteiger partial charge >= 0.3 is 0 Å². The molecule has 0 unspecified atom stereocenters. The third-order valence-corrected chi connectivity index (χ3v) is 4.23. The van der Waals surface area contributed by atoms with Crippen LogP contribution in [-0.4, -0.2) is 35.3 Å². The van der Waals surface area contributed by atoms with Crippen molar-refractivity contribution in [1.29, 1.82) is 0 Å². The molecule has 1 atom stereocenters. The number of amides is 2. The molecule has 1 aromatic carbocycles. The zero-order chi connectivity index (χ0) is 17.6. The summed E-state index contributed by atoms with van der Waals surface area (Å²) < 4.78 is 5.79. The highest BCUT2D eigenvalue weighted by Gasteiger charge is 2.31. The first-order valence-corrected chi connectivity index (χ1v) is 8.26. The zero-order valence-electron chi connectivity index (χ0n) is 14.1. The lowest BCUT2D eigenvalue weighted by Crippen LogP contribution is -2.31. The molecule has 1 aliphatic heterocycles. The summed E-state index contributed by atoms with van der Waals surface area (Å²) in [5, 5.41) is 2.88. The lowest BCUT2D eigenvalue weighted by Gasteiger charge is -2.13. The van der Waals surface area contributed by atoms with Gasteiger partial charge in [-0.25, -0.2) is 4.98 Å². The number of aromatic nitrogens is 1. The summed E-state index contributed by atoms with van der Waals surface area (Å²) in [6.07, 6.45) is 1.93. The van der Waals surface area contributed by atoms with Gasteiger partial charge in [-0.05, 0) is 11.6 Å². The van der Waals surface area contributed by atoms with Crippen LogP contribution in [0.25, 0.3) is 0 Å². The number of rotatable bonds is 6. The smallest absolute Gasteiger partial charge is 0.225 e. The van der Waals surface area contributed by atoms with E-state index in [2.05, 4.69) is 10.3 Å². The van der Waals surface area contributed by atoms with Crippen molar-refractivity contribution in [2.45, 2.75) is 19.6 Å². The minimum Gasteiger partial charge on any atom is -0.473 e. The van der Waals surface area contributed by atoms with E-state index < -0.39 is 0 Å². The summed E-state index contributed by atoms with van der Waals surface area (Å²) in [5.74, 6) is 0.109. The van der Waals surface area contributed by atoms with E-state index in [0.717, 1.165) is 11.1 Å². The van der Waals surface area contributed by atoms with Crippen molar-refractivity contribution in [1.82, 2.24) is 15.2 Å². The van der Waals surface area contributed by atoms with Gasteiger partial charge in [0.15, 0.2) is 0 Å². The Hall–Kier alpha value is -2.89. The molecule has 1 saturated heterocycles. The summed E-state index contributed by atoms with van der Waals surface area (Å²) in [4.78, 5) is 29.6. The highest BCUT2D eigenvalue weighted by Crippen LogP contribution is 2.18. The second-order valence-electron chi connectivity index (χ2n) is 6.14. The Morgan fingerprint density at radius 3 is 2.80 bits per heavy atom. The van der Waals surface area contributed by atoms with Crippen LogP contribution >= 0.6 is 0 Å². The van der Waals surface area contributed by atoms with Crippen molar-refractivity contribution >= 4 is 11.8 Å². The van der Waals surface area contributed by atoms with Crippen LogP contribution in [0.1, 0.15) is 17.5 Å². The maximum Gasteiger partial charge on any atom is 0.225 e. The lowest BCUT2D eigenvalue weighted by molar-refractivity contribution is -0.128. The van der Waals surface area contributed by atoms with Crippen molar-refractivity contribution in [3.05, 3.63) is 59.8 Å². The summed E-state index contributed by atoms with van der Waals surface area (Å²) in [7, 11) is 1.71. The molecule has 2 heterocycles. The van der Waals surface area contributed by atoms with Gasteiger partial charge in [0.1, 0.15) is 6.61 Å². The van der Waals surface area contributed by atoms with Crippen LogP contribution < -0.4 is 10.1 Å². The van der Waals surface area contributed by atoms with E-state index in [0.29, 0.717) is 25.6 Å². The van der Waals surface area contributed by atoms with E-state index >= 15 is 0 Å². The average Bonchev–Trinajstić information content (AvgIpc) is 2.98. The first kappa shape index (κ1) is 17.0. The number of nitrogens with zero attached hydrogens (tertiary/aromatic N) is 2. The van der Waals surface area contributed by atoms with Gasteiger partial charge in [0, 0.05) is 38.3 Å². The average molecular weight is 339 g/mol. The maximum atomic E-state index is 12.2. The summed E-state index contributed by atoms with van der Waals surface area (Å²) in [6.45, 7) is 1.21. The Balaban J connectivity index is 1.57. The van der Waals surface area contributed by atoms with Crippen LogP contribution in [0.2, 0.25) is 0 Å². The van der Waals surface area contributed by atoms with Crippen LogP contribution in [0.3, 0.4) is 0 Å². The molecule has 25 heavy (non-hydrogen) atoms. The molecule has 1 aromatic heterocycles. The third kappa shape index (κ3) is 4.35. The van der Waals surface area contributed by atoms with Gasteiger partial charge in [-0.2, -0.15) is 0 Å². The number of nitrogens with one attached hydrogen (secondary N) is 1. The monoisotopic (exact) mass is 339 g/mol. The molecule has 0 saturated carbocycles. The molecule has 2 aromatic rings. The minimum absolute atomic E-state index is 0.00779. The van der Waals surface area contributed by atoms with Crippen molar-refractivity contribution in [3.63, 3.8) is 0 Å². The number of hydrogen-bond acceptors (Lipinski definition) is 4. The third-order valence-electron chi connectivity index (χ3n) is 4.23. The normalized spacial score (nSPS) is 16.8. The van der Waals surface area contributed by atoms with Gasteiger partial charge < -0.3 is 15.0 Å². The van der Waals surface area contributed by atoms with Gasteiger partial charge in [-0.15, -0.1) is 0 Å². The molecule has 1 aliphatic rings. The Kier molecular flexibility index (Phi) is 5.28. The van der Waals surface area contributed by atoms with Crippen molar-refractivity contribution in [2.24, 2.45) is 5.92 Å². The van der Waals surface area contributed by atoms with Crippen molar-refractivity contribution < 1.29 is 14.3 Å². The fourth-order valence-electron chi connectivity index (χ4n) is 2.78. The number of likely N-dealkylation sites (tertiary alicyclic amines) is 1. The minimum atomic E-state index is -0.289. The first-order chi connectivity index (χ1) is 12.1. The largest absolute Gasteiger partial charge is 0.473 e. The number of hydrogen-bond donors (Lipinski definition) is 1. The van der Waals surface area contributed by atoms with Gasteiger partial charge in [0.05, 0.1) is 5.92 Å². The topological polar surface area (TPSA) is 71.5 Å². The predicted molar refractivity (Wildman–Crippen MR) is 92.6 cm³/mol. The number of carbonyl (C=O) groups excluding carboxylic acids is 2. The summed E-state index contributed by atoms with van der Waals surface area (Å²) in [6, 6.07) is 13.5. The molecule has 0 aliphatic carbocycles.